The van der Waals surface area contributed by atoms with Gasteiger partial charge in [-0.05, 0) is 32.4 Å². The van der Waals surface area contributed by atoms with Crippen LogP contribution in [-0.4, -0.2) is 19.6 Å². The van der Waals surface area contributed by atoms with Gasteiger partial charge in [-0.1, -0.05) is 23.8 Å². The van der Waals surface area contributed by atoms with Crippen molar-refractivity contribution >= 4 is 27.2 Å². The van der Waals surface area contributed by atoms with Crippen LogP contribution >= 0.6 is 11.3 Å². The topological polar surface area (TPSA) is 43.1 Å². The van der Waals surface area contributed by atoms with Gasteiger partial charge in [-0.2, -0.15) is 0 Å². The molecule has 4 aromatic rings. The van der Waals surface area contributed by atoms with Gasteiger partial charge >= 0.3 is 0 Å². The lowest BCUT2D eigenvalue weighted by molar-refractivity contribution is 1.09. The van der Waals surface area contributed by atoms with Crippen LogP contribution in [0.1, 0.15) is 16.0 Å². The van der Waals surface area contributed by atoms with Crippen LogP contribution in [0.4, 0.5) is 0 Å². The number of rotatable bonds is 1. The molecule has 0 radical (unpaired) electrons. The minimum absolute atomic E-state index is 0.839. The summed E-state index contributed by atoms with van der Waals surface area (Å²) in [5.41, 5.74) is 4.41. The molecule has 5 heteroatoms. The molecule has 0 atom stereocenters. The van der Waals surface area contributed by atoms with Crippen molar-refractivity contribution in [1.29, 1.82) is 0 Å². The summed E-state index contributed by atoms with van der Waals surface area (Å²) in [6.45, 7) is 6.32. The Bertz CT molecular complexity index is 981. The zero-order valence-electron chi connectivity index (χ0n) is 12.1. The Morgan fingerprint density at radius 3 is 2.76 bits per heavy atom. The van der Waals surface area contributed by atoms with Crippen LogP contribution < -0.4 is 0 Å². The highest BCUT2D eigenvalue weighted by atomic mass is 32.1. The molecule has 0 spiro atoms. The van der Waals surface area contributed by atoms with Gasteiger partial charge < -0.3 is 0 Å². The van der Waals surface area contributed by atoms with Crippen LogP contribution in [-0.2, 0) is 0 Å². The van der Waals surface area contributed by atoms with E-state index in [0.29, 0.717) is 0 Å². The molecule has 0 fully saturated rings. The van der Waals surface area contributed by atoms with Gasteiger partial charge in [0.2, 0.25) is 0 Å². The quantitative estimate of drug-likeness (QED) is 0.534. The SMILES string of the molecule is Cc1cccc(-c2nnc3c4c(C)c(C)sc4ncn23)c1. The summed E-state index contributed by atoms with van der Waals surface area (Å²) in [4.78, 5) is 6.88. The summed E-state index contributed by atoms with van der Waals surface area (Å²) in [5.74, 6) is 0.839. The number of hydrogen-bond acceptors (Lipinski definition) is 4. The van der Waals surface area contributed by atoms with E-state index in [4.69, 9.17) is 0 Å². The first-order chi connectivity index (χ1) is 10.1. The van der Waals surface area contributed by atoms with Gasteiger partial charge in [0, 0.05) is 10.4 Å². The maximum atomic E-state index is 4.57. The second-order valence-corrected chi connectivity index (χ2v) is 6.50. The van der Waals surface area contributed by atoms with Crippen molar-refractivity contribution in [2.75, 3.05) is 0 Å². The average molecular weight is 294 g/mol. The van der Waals surface area contributed by atoms with Crippen LogP contribution in [0.3, 0.4) is 0 Å². The van der Waals surface area contributed by atoms with Crippen molar-refractivity contribution in [1.82, 2.24) is 19.6 Å². The maximum Gasteiger partial charge on any atom is 0.172 e. The van der Waals surface area contributed by atoms with E-state index in [2.05, 4.69) is 54.2 Å². The minimum atomic E-state index is 0.839. The molecule has 0 aliphatic carbocycles. The molecule has 1 aromatic carbocycles. The highest BCUT2D eigenvalue weighted by Crippen LogP contribution is 2.32. The van der Waals surface area contributed by atoms with Gasteiger partial charge in [0.05, 0.1) is 5.39 Å². The van der Waals surface area contributed by atoms with E-state index in [1.165, 1.54) is 16.0 Å². The zero-order valence-corrected chi connectivity index (χ0v) is 12.9. The molecule has 4 nitrogen and oxygen atoms in total. The normalized spacial score (nSPS) is 11.6. The highest BCUT2D eigenvalue weighted by molar-refractivity contribution is 7.18. The number of aryl methyl sites for hydroxylation is 3. The molecule has 4 rings (SSSR count). The average Bonchev–Trinajstić information content (AvgIpc) is 3.01. The predicted octanol–water partition coefficient (Wildman–Crippen LogP) is 3.93. The van der Waals surface area contributed by atoms with Gasteiger partial charge in [0.25, 0.3) is 0 Å². The molecule has 0 bridgehead atoms. The molecular weight excluding hydrogens is 280 g/mol. The first kappa shape index (κ1) is 12.5. The minimum Gasteiger partial charge on any atom is -0.265 e. The van der Waals surface area contributed by atoms with Crippen molar-refractivity contribution in [2.24, 2.45) is 0 Å². The van der Waals surface area contributed by atoms with Crippen molar-refractivity contribution in [3.05, 3.63) is 46.6 Å². The Hall–Kier alpha value is -2.27. The highest BCUT2D eigenvalue weighted by Gasteiger charge is 2.15. The molecule has 0 aliphatic heterocycles. The van der Waals surface area contributed by atoms with E-state index in [-0.39, 0.29) is 0 Å². The van der Waals surface area contributed by atoms with E-state index in [1.807, 2.05) is 16.8 Å². The Kier molecular flexibility index (Phi) is 2.59. The molecule has 3 aromatic heterocycles. The van der Waals surface area contributed by atoms with E-state index >= 15 is 0 Å². The van der Waals surface area contributed by atoms with Gasteiger partial charge in [0.1, 0.15) is 11.2 Å². The van der Waals surface area contributed by atoms with Crippen LogP contribution in [0.2, 0.25) is 0 Å². The first-order valence-corrected chi connectivity index (χ1v) is 7.63. The van der Waals surface area contributed by atoms with Gasteiger partial charge in [-0.3, -0.25) is 4.40 Å². The van der Waals surface area contributed by atoms with E-state index < -0.39 is 0 Å². The third-order valence-corrected chi connectivity index (χ3v) is 4.97. The third-order valence-electron chi connectivity index (χ3n) is 3.85. The van der Waals surface area contributed by atoms with Crippen molar-refractivity contribution < 1.29 is 0 Å². The van der Waals surface area contributed by atoms with E-state index in [0.717, 1.165) is 27.3 Å². The molecule has 0 amide bonds. The van der Waals surface area contributed by atoms with Crippen LogP contribution in [0.15, 0.2) is 30.6 Å². The second kappa shape index (κ2) is 4.36. The number of hydrogen-bond donors (Lipinski definition) is 0. The van der Waals surface area contributed by atoms with Crippen LogP contribution in [0.25, 0.3) is 27.3 Å². The molecule has 0 aliphatic rings. The molecule has 0 saturated carbocycles. The molecule has 104 valence electrons. The lowest BCUT2D eigenvalue weighted by Gasteiger charge is -2.01. The van der Waals surface area contributed by atoms with E-state index in [1.54, 1.807) is 11.3 Å². The standard InChI is InChI=1S/C16H14N4S/c1-9-5-4-6-12(7-9)14-18-19-15-13-10(2)11(3)21-16(13)17-8-20(14)15/h4-8H,1-3H3. The van der Waals surface area contributed by atoms with Crippen LogP contribution in [0, 0.1) is 20.8 Å². The number of thiophene rings is 1. The third kappa shape index (κ3) is 1.77. The molecular formula is C16H14N4S. The number of fused-ring (bicyclic) bond motifs is 3. The maximum absolute atomic E-state index is 4.57. The summed E-state index contributed by atoms with van der Waals surface area (Å²) in [6, 6.07) is 8.29. The number of nitrogens with zero attached hydrogens (tertiary/aromatic N) is 4. The van der Waals surface area contributed by atoms with Crippen LogP contribution in [0.5, 0.6) is 0 Å². The Morgan fingerprint density at radius 2 is 1.95 bits per heavy atom. The number of aromatic nitrogens is 4. The summed E-state index contributed by atoms with van der Waals surface area (Å²) in [5, 5.41) is 9.91. The predicted molar refractivity (Wildman–Crippen MR) is 85.8 cm³/mol. The fourth-order valence-corrected chi connectivity index (χ4v) is 3.62. The first-order valence-electron chi connectivity index (χ1n) is 6.81. The summed E-state index contributed by atoms with van der Waals surface area (Å²) in [7, 11) is 0. The summed E-state index contributed by atoms with van der Waals surface area (Å²) < 4.78 is 1.98. The van der Waals surface area contributed by atoms with Crippen molar-refractivity contribution in [2.45, 2.75) is 20.8 Å². The Balaban J connectivity index is 2.07. The Morgan fingerprint density at radius 1 is 1.10 bits per heavy atom. The van der Waals surface area contributed by atoms with Gasteiger partial charge in [0.15, 0.2) is 11.5 Å². The smallest absolute Gasteiger partial charge is 0.172 e. The van der Waals surface area contributed by atoms with Gasteiger partial charge in [-0.15, -0.1) is 21.5 Å². The molecule has 21 heavy (non-hydrogen) atoms. The zero-order chi connectivity index (χ0) is 14.6. The van der Waals surface area contributed by atoms with Crippen molar-refractivity contribution in [3.63, 3.8) is 0 Å². The Labute approximate surface area is 126 Å². The second-order valence-electron chi connectivity index (χ2n) is 5.29. The van der Waals surface area contributed by atoms with Gasteiger partial charge in [-0.25, -0.2) is 4.98 Å². The molecule has 3 heterocycles. The fraction of sp³-hybridized carbons (Fsp3) is 0.188. The number of benzene rings is 1. The van der Waals surface area contributed by atoms with Crippen molar-refractivity contribution in [3.8, 4) is 11.4 Å². The summed E-state index contributed by atoms with van der Waals surface area (Å²) in [6.07, 6.45) is 1.82. The van der Waals surface area contributed by atoms with E-state index in [9.17, 15) is 0 Å². The monoisotopic (exact) mass is 294 g/mol. The largest absolute Gasteiger partial charge is 0.265 e. The molecule has 0 unspecified atom stereocenters. The lowest BCUT2D eigenvalue weighted by atomic mass is 10.1. The fourth-order valence-electron chi connectivity index (χ4n) is 2.63. The summed E-state index contributed by atoms with van der Waals surface area (Å²) >= 11 is 1.71. The molecule has 0 saturated heterocycles. The molecule has 0 N–H and O–H groups in total. The lowest BCUT2D eigenvalue weighted by Crippen LogP contribution is -1.92.